The molecule has 1 fully saturated rings. The smallest absolute Gasteiger partial charge is 0.247 e. The number of imidazole rings is 1. The summed E-state index contributed by atoms with van der Waals surface area (Å²) >= 11 is 0. The number of aromatic nitrogens is 5. The minimum absolute atomic E-state index is 0.138. The molecule has 3 heterocycles. The summed E-state index contributed by atoms with van der Waals surface area (Å²) in [6.07, 6.45) is 7.88. The van der Waals surface area contributed by atoms with Gasteiger partial charge in [-0.25, -0.2) is 14.6 Å². The van der Waals surface area contributed by atoms with Gasteiger partial charge >= 0.3 is 0 Å². The molecule has 0 saturated carbocycles. The minimum Gasteiger partial charge on any atom is -0.340 e. The van der Waals surface area contributed by atoms with Gasteiger partial charge in [0.15, 0.2) is 0 Å². The van der Waals surface area contributed by atoms with Gasteiger partial charge in [0.1, 0.15) is 24.5 Å². The Morgan fingerprint density at radius 1 is 1.24 bits per heavy atom. The monoisotopic (exact) mass is 345 g/mol. The van der Waals surface area contributed by atoms with E-state index < -0.39 is 0 Å². The van der Waals surface area contributed by atoms with Crippen molar-refractivity contribution in [2.24, 2.45) is 13.0 Å². The quantitative estimate of drug-likeness (QED) is 0.807. The molecule has 1 aliphatic rings. The lowest BCUT2D eigenvalue weighted by Gasteiger charge is -2.28. The Kier molecular flexibility index (Phi) is 5.47. The molecule has 0 spiro atoms. The van der Waals surface area contributed by atoms with Gasteiger partial charge in [0.2, 0.25) is 5.91 Å². The highest BCUT2D eigenvalue weighted by Gasteiger charge is 2.30. The van der Waals surface area contributed by atoms with Gasteiger partial charge < -0.3 is 9.47 Å². The summed E-state index contributed by atoms with van der Waals surface area (Å²) in [4.78, 5) is 25.8. The van der Waals surface area contributed by atoms with Crippen molar-refractivity contribution in [3.63, 3.8) is 0 Å². The van der Waals surface area contributed by atoms with Crippen LogP contribution >= 0.6 is 0 Å². The predicted molar refractivity (Wildman–Crippen MR) is 93.6 cm³/mol. The Hall–Kier alpha value is -2.22. The fraction of sp³-hybridized carbons (Fsp3) is 0.647. The fourth-order valence-electron chi connectivity index (χ4n) is 3.35. The molecule has 2 aromatic rings. The van der Waals surface area contributed by atoms with E-state index in [4.69, 9.17) is 0 Å². The highest BCUT2D eigenvalue weighted by atomic mass is 16.2. The van der Waals surface area contributed by atoms with E-state index in [1.165, 1.54) is 6.33 Å². The van der Waals surface area contributed by atoms with E-state index in [1.54, 1.807) is 11.0 Å². The van der Waals surface area contributed by atoms with Crippen LogP contribution in [0, 0.1) is 5.92 Å². The van der Waals surface area contributed by atoms with E-state index in [-0.39, 0.29) is 17.9 Å². The Labute approximate surface area is 148 Å². The lowest BCUT2D eigenvalue weighted by atomic mass is 10.0. The predicted octanol–water partition coefficient (Wildman–Crippen LogP) is 0.943. The number of rotatable bonds is 5. The first-order chi connectivity index (χ1) is 12.1. The van der Waals surface area contributed by atoms with Gasteiger partial charge in [-0.05, 0) is 12.3 Å². The van der Waals surface area contributed by atoms with E-state index in [2.05, 4.69) is 33.8 Å². The molecule has 136 valence electrons. The van der Waals surface area contributed by atoms with Crippen LogP contribution in [0.25, 0.3) is 0 Å². The topological polar surface area (TPSA) is 72.1 Å². The number of carbonyl (C=O) groups excluding carboxylic acids is 1. The molecule has 8 heteroatoms. The lowest BCUT2D eigenvalue weighted by molar-refractivity contribution is -0.136. The van der Waals surface area contributed by atoms with Gasteiger partial charge in [-0.3, -0.25) is 9.69 Å². The second kappa shape index (κ2) is 7.77. The van der Waals surface area contributed by atoms with Crippen LogP contribution in [0.5, 0.6) is 0 Å². The highest BCUT2D eigenvalue weighted by Crippen LogP contribution is 2.20. The molecule has 0 aromatic carbocycles. The third-order valence-electron chi connectivity index (χ3n) is 4.79. The van der Waals surface area contributed by atoms with Crippen molar-refractivity contribution in [2.45, 2.75) is 32.9 Å². The fourth-order valence-corrected chi connectivity index (χ4v) is 3.35. The van der Waals surface area contributed by atoms with Crippen LogP contribution in [0.3, 0.4) is 0 Å². The third kappa shape index (κ3) is 4.07. The summed E-state index contributed by atoms with van der Waals surface area (Å²) in [5.41, 5.74) is 0. The molecule has 0 N–H and O–H groups in total. The van der Waals surface area contributed by atoms with Crippen molar-refractivity contribution in [3.05, 3.63) is 30.9 Å². The summed E-state index contributed by atoms with van der Waals surface area (Å²) in [7, 11) is 2.02. The van der Waals surface area contributed by atoms with Crippen molar-refractivity contribution in [1.82, 2.24) is 34.1 Å². The molecule has 1 aliphatic heterocycles. The van der Waals surface area contributed by atoms with Gasteiger partial charge in [0, 0.05) is 45.6 Å². The van der Waals surface area contributed by atoms with Crippen LogP contribution in [-0.2, 0) is 18.4 Å². The molecule has 1 saturated heterocycles. The zero-order chi connectivity index (χ0) is 17.8. The zero-order valence-electron chi connectivity index (χ0n) is 15.2. The molecule has 0 unspecified atom stereocenters. The number of aryl methyl sites for hydroxylation is 1. The molecule has 1 amide bonds. The lowest BCUT2D eigenvalue weighted by Crippen LogP contribution is -2.41. The minimum atomic E-state index is -0.288. The van der Waals surface area contributed by atoms with Crippen molar-refractivity contribution in [2.75, 3.05) is 26.2 Å². The molecule has 3 rings (SSSR count). The van der Waals surface area contributed by atoms with Gasteiger partial charge in [-0.15, -0.1) is 0 Å². The normalized spacial score (nSPS) is 17.7. The van der Waals surface area contributed by atoms with Gasteiger partial charge in [-0.2, -0.15) is 5.10 Å². The van der Waals surface area contributed by atoms with Crippen LogP contribution in [0.15, 0.2) is 25.0 Å². The maximum atomic E-state index is 13.1. The number of hydrogen-bond donors (Lipinski definition) is 0. The van der Waals surface area contributed by atoms with E-state index in [9.17, 15) is 4.79 Å². The van der Waals surface area contributed by atoms with Crippen molar-refractivity contribution in [1.29, 1.82) is 0 Å². The van der Waals surface area contributed by atoms with Crippen molar-refractivity contribution in [3.8, 4) is 0 Å². The average molecular weight is 345 g/mol. The molecule has 2 aromatic heterocycles. The number of hydrogen-bond acceptors (Lipinski definition) is 5. The molecular weight excluding hydrogens is 318 g/mol. The standard InChI is InChI=1S/C17H27N7O/c1-14(2)16(24-13-18-12-20-24)17(25)23-7-4-6-22(9-10-23)11-15-19-5-8-21(15)3/h5,8,12-14,16H,4,6-7,9-11H2,1-3H3/t16-/m0/s1. The van der Waals surface area contributed by atoms with Crippen LogP contribution in [0.4, 0.5) is 0 Å². The van der Waals surface area contributed by atoms with Crippen molar-refractivity contribution >= 4 is 5.91 Å². The molecule has 1 atom stereocenters. The number of amides is 1. The Morgan fingerprint density at radius 2 is 2.08 bits per heavy atom. The summed E-state index contributed by atoms with van der Waals surface area (Å²) in [6, 6.07) is -0.288. The first-order valence-corrected chi connectivity index (χ1v) is 8.87. The zero-order valence-corrected chi connectivity index (χ0v) is 15.2. The average Bonchev–Trinajstić information content (AvgIpc) is 3.16. The highest BCUT2D eigenvalue weighted by molar-refractivity contribution is 5.80. The van der Waals surface area contributed by atoms with Gasteiger partial charge in [0.25, 0.3) is 0 Å². The maximum absolute atomic E-state index is 13.1. The summed E-state index contributed by atoms with van der Waals surface area (Å²) in [6.45, 7) is 8.29. The van der Waals surface area contributed by atoms with Gasteiger partial charge in [-0.1, -0.05) is 13.8 Å². The van der Waals surface area contributed by atoms with E-state index >= 15 is 0 Å². The third-order valence-corrected chi connectivity index (χ3v) is 4.79. The second-order valence-electron chi connectivity index (χ2n) is 6.97. The Balaban J connectivity index is 1.63. The SMILES string of the molecule is CC(C)[C@@H](C(=O)N1CCCN(Cc2nccn2C)CC1)n1cncn1. The van der Waals surface area contributed by atoms with Crippen LogP contribution in [0.2, 0.25) is 0 Å². The van der Waals surface area contributed by atoms with Crippen LogP contribution in [0.1, 0.15) is 32.1 Å². The molecular formula is C17H27N7O. The van der Waals surface area contributed by atoms with Gasteiger partial charge in [0.05, 0.1) is 6.54 Å². The second-order valence-corrected chi connectivity index (χ2v) is 6.97. The molecule has 8 nitrogen and oxygen atoms in total. The van der Waals surface area contributed by atoms with Crippen LogP contribution < -0.4 is 0 Å². The number of nitrogens with zero attached hydrogens (tertiary/aromatic N) is 7. The van der Waals surface area contributed by atoms with E-state index in [0.29, 0.717) is 0 Å². The van der Waals surface area contributed by atoms with E-state index in [1.807, 2.05) is 28.9 Å². The van der Waals surface area contributed by atoms with Crippen LogP contribution in [-0.4, -0.2) is 66.2 Å². The Bertz CT molecular complexity index is 679. The molecule has 0 bridgehead atoms. The largest absolute Gasteiger partial charge is 0.340 e. The Morgan fingerprint density at radius 3 is 2.72 bits per heavy atom. The molecule has 0 aliphatic carbocycles. The molecule has 25 heavy (non-hydrogen) atoms. The first-order valence-electron chi connectivity index (χ1n) is 8.87. The first kappa shape index (κ1) is 17.6. The molecule has 0 radical (unpaired) electrons. The maximum Gasteiger partial charge on any atom is 0.247 e. The van der Waals surface area contributed by atoms with E-state index in [0.717, 1.165) is 45.0 Å². The summed E-state index contributed by atoms with van der Waals surface area (Å²) in [5, 5.41) is 4.19. The number of carbonyl (C=O) groups is 1. The van der Waals surface area contributed by atoms with Crippen molar-refractivity contribution < 1.29 is 4.79 Å². The summed E-state index contributed by atoms with van der Waals surface area (Å²) in [5.74, 6) is 1.36. The summed E-state index contributed by atoms with van der Waals surface area (Å²) < 4.78 is 3.73.